The molecule has 0 bridgehead atoms. The van der Waals surface area contributed by atoms with Crippen LogP contribution in [0.15, 0.2) is 42.9 Å². The first kappa shape index (κ1) is 18.2. The molecule has 0 radical (unpaired) electrons. The van der Waals surface area contributed by atoms with Gasteiger partial charge in [0.1, 0.15) is 9.71 Å². The standard InChI is InChI=1S/C21H26N4OS/c1-16-8-2-3-12-24(16)15-7-11-22-20(26)19-18(25-13-4-5-14-25)17-9-6-10-23-21(17)27-19/h4-6,9-10,13-14,16H,2-3,7-8,11-12,15H2,1H3,(H,22,26). The van der Waals surface area contributed by atoms with Crippen LogP contribution in [0.5, 0.6) is 0 Å². The summed E-state index contributed by atoms with van der Waals surface area (Å²) in [5.41, 5.74) is 0.926. The molecule has 3 aromatic rings. The number of aromatic nitrogens is 2. The highest BCUT2D eigenvalue weighted by Gasteiger charge is 2.21. The van der Waals surface area contributed by atoms with E-state index in [4.69, 9.17) is 0 Å². The Labute approximate surface area is 164 Å². The van der Waals surface area contributed by atoms with Crippen LogP contribution in [0, 0.1) is 0 Å². The number of nitrogens with one attached hydrogen (secondary N) is 1. The summed E-state index contributed by atoms with van der Waals surface area (Å²) in [6, 6.07) is 8.57. The highest BCUT2D eigenvalue weighted by Crippen LogP contribution is 2.33. The fourth-order valence-corrected chi connectivity index (χ4v) is 4.93. The summed E-state index contributed by atoms with van der Waals surface area (Å²) in [6.07, 6.45) is 10.6. The van der Waals surface area contributed by atoms with Gasteiger partial charge in [0.2, 0.25) is 0 Å². The number of rotatable bonds is 6. The number of piperidine rings is 1. The Morgan fingerprint density at radius 3 is 2.96 bits per heavy atom. The van der Waals surface area contributed by atoms with E-state index in [2.05, 4.69) is 22.1 Å². The van der Waals surface area contributed by atoms with Gasteiger partial charge in [-0.1, -0.05) is 6.42 Å². The summed E-state index contributed by atoms with van der Waals surface area (Å²) in [4.78, 5) is 21.5. The van der Waals surface area contributed by atoms with Crippen LogP contribution in [0.4, 0.5) is 0 Å². The summed E-state index contributed by atoms with van der Waals surface area (Å²) in [5, 5.41) is 4.14. The van der Waals surface area contributed by atoms with Crippen molar-refractivity contribution in [3.63, 3.8) is 0 Å². The fraction of sp³-hybridized carbons (Fsp3) is 0.429. The van der Waals surface area contributed by atoms with Gasteiger partial charge in [-0.05, 0) is 57.0 Å². The molecule has 4 heterocycles. The molecule has 1 aliphatic rings. The first-order valence-electron chi connectivity index (χ1n) is 9.77. The number of carbonyl (C=O) groups is 1. The molecule has 1 saturated heterocycles. The van der Waals surface area contributed by atoms with E-state index in [1.54, 1.807) is 6.20 Å². The van der Waals surface area contributed by atoms with E-state index in [-0.39, 0.29) is 5.91 Å². The molecule has 27 heavy (non-hydrogen) atoms. The van der Waals surface area contributed by atoms with Gasteiger partial charge in [-0.3, -0.25) is 4.79 Å². The number of nitrogens with zero attached hydrogens (tertiary/aromatic N) is 3. The van der Waals surface area contributed by atoms with E-state index >= 15 is 0 Å². The van der Waals surface area contributed by atoms with E-state index in [1.165, 1.54) is 37.1 Å². The van der Waals surface area contributed by atoms with Gasteiger partial charge in [-0.15, -0.1) is 11.3 Å². The topological polar surface area (TPSA) is 50.2 Å². The third kappa shape index (κ3) is 3.92. The SMILES string of the molecule is CC1CCCCN1CCCNC(=O)c1sc2ncccc2c1-n1cccc1. The van der Waals surface area contributed by atoms with Crippen molar-refractivity contribution in [3.8, 4) is 5.69 Å². The lowest BCUT2D eigenvalue weighted by molar-refractivity contribution is 0.0953. The monoisotopic (exact) mass is 382 g/mol. The lowest BCUT2D eigenvalue weighted by Gasteiger charge is -2.33. The van der Waals surface area contributed by atoms with Crippen molar-refractivity contribution in [2.75, 3.05) is 19.6 Å². The van der Waals surface area contributed by atoms with Gasteiger partial charge in [-0.25, -0.2) is 4.98 Å². The summed E-state index contributed by atoms with van der Waals surface area (Å²) in [7, 11) is 0. The minimum atomic E-state index is -0.00612. The van der Waals surface area contributed by atoms with Gasteiger partial charge < -0.3 is 14.8 Å². The first-order valence-corrected chi connectivity index (χ1v) is 10.6. The van der Waals surface area contributed by atoms with Crippen LogP contribution in [-0.4, -0.2) is 46.0 Å². The first-order chi connectivity index (χ1) is 13.2. The quantitative estimate of drug-likeness (QED) is 0.654. The molecule has 5 nitrogen and oxygen atoms in total. The van der Waals surface area contributed by atoms with Crippen LogP contribution < -0.4 is 5.32 Å². The van der Waals surface area contributed by atoms with Crippen molar-refractivity contribution in [1.29, 1.82) is 0 Å². The number of hydrogen-bond donors (Lipinski definition) is 1. The maximum Gasteiger partial charge on any atom is 0.263 e. The Bertz CT molecular complexity index is 902. The van der Waals surface area contributed by atoms with E-state index in [0.717, 1.165) is 33.7 Å². The normalized spacial score (nSPS) is 18.0. The van der Waals surface area contributed by atoms with Gasteiger partial charge in [0.25, 0.3) is 5.91 Å². The molecule has 0 saturated carbocycles. The molecule has 6 heteroatoms. The number of fused-ring (bicyclic) bond motifs is 1. The van der Waals surface area contributed by atoms with Gasteiger partial charge in [0.05, 0.1) is 5.69 Å². The van der Waals surface area contributed by atoms with Crippen molar-refractivity contribution in [3.05, 3.63) is 47.7 Å². The number of pyridine rings is 1. The number of likely N-dealkylation sites (tertiary alicyclic amines) is 1. The van der Waals surface area contributed by atoms with E-state index in [0.29, 0.717) is 12.6 Å². The van der Waals surface area contributed by atoms with E-state index in [9.17, 15) is 4.79 Å². The molecule has 3 aromatic heterocycles. The van der Waals surface area contributed by atoms with E-state index in [1.807, 2.05) is 41.2 Å². The average Bonchev–Trinajstić information content (AvgIpc) is 3.33. The molecule has 1 N–H and O–H groups in total. The zero-order valence-corrected chi connectivity index (χ0v) is 16.5. The van der Waals surface area contributed by atoms with Gasteiger partial charge in [-0.2, -0.15) is 0 Å². The number of hydrogen-bond acceptors (Lipinski definition) is 4. The summed E-state index contributed by atoms with van der Waals surface area (Å²) >= 11 is 1.46. The lowest BCUT2D eigenvalue weighted by Crippen LogP contribution is -2.39. The number of carbonyl (C=O) groups excluding carboxylic acids is 1. The average molecular weight is 383 g/mol. The van der Waals surface area contributed by atoms with Crippen molar-refractivity contribution in [2.24, 2.45) is 0 Å². The largest absolute Gasteiger partial charge is 0.351 e. The minimum Gasteiger partial charge on any atom is -0.351 e. The molecule has 1 aliphatic heterocycles. The molecule has 0 aromatic carbocycles. The van der Waals surface area contributed by atoms with Crippen LogP contribution in [0.25, 0.3) is 15.9 Å². The van der Waals surface area contributed by atoms with Crippen molar-refractivity contribution in [1.82, 2.24) is 19.8 Å². The Morgan fingerprint density at radius 2 is 2.15 bits per heavy atom. The summed E-state index contributed by atoms with van der Waals surface area (Å²) < 4.78 is 2.00. The molecule has 1 atom stereocenters. The molecule has 1 amide bonds. The summed E-state index contributed by atoms with van der Waals surface area (Å²) in [6.45, 7) is 5.26. The molecular weight excluding hydrogens is 356 g/mol. The van der Waals surface area contributed by atoms with Crippen molar-refractivity contribution < 1.29 is 4.79 Å². The van der Waals surface area contributed by atoms with E-state index < -0.39 is 0 Å². The third-order valence-corrected chi connectivity index (χ3v) is 6.46. The molecule has 4 rings (SSSR count). The Balaban J connectivity index is 1.44. The molecule has 1 fully saturated rings. The number of amides is 1. The maximum absolute atomic E-state index is 12.9. The second kappa shape index (κ2) is 8.23. The minimum absolute atomic E-state index is 0.00612. The zero-order chi connectivity index (χ0) is 18.6. The molecular formula is C21H26N4OS. The predicted octanol–water partition coefficient (Wildman–Crippen LogP) is 4.08. The van der Waals surface area contributed by atoms with Gasteiger partial charge >= 0.3 is 0 Å². The molecule has 142 valence electrons. The van der Waals surface area contributed by atoms with Crippen molar-refractivity contribution >= 4 is 27.5 Å². The van der Waals surface area contributed by atoms with Crippen molar-refractivity contribution in [2.45, 2.75) is 38.6 Å². The van der Waals surface area contributed by atoms with Crippen LogP contribution in [-0.2, 0) is 0 Å². The van der Waals surface area contributed by atoms with Crippen LogP contribution >= 0.6 is 11.3 Å². The second-order valence-corrected chi connectivity index (χ2v) is 8.22. The second-order valence-electron chi connectivity index (χ2n) is 7.22. The van der Waals surface area contributed by atoms with Crippen LogP contribution in [0.2, 0.25) is 0 Å². The maximum atomic E-state index is 12.9. The Kier molecular flexibility index (Phi) is 5.55. The highest BCUT2D eigenvalue weighted by molar-refractivity contribution is 7.21. The third-order valence-electron chi connectivity index (χ3n) is 5.36. The van der Waals surface area contributed by atoms with Crippen LogP contribution in [0.1, 0.15) is 42.3 Å². The zero-order valence-electron chi connectivity index (χ0n) is 15.7. The van der Waals surface area contributed by atoms with Crippen LogP contribution in [0.3, 0.4) is 0 Å². The molecule has 0 aliphatic carbocycles. The Morgan fingerprint density at radius 1 is 1.30 bits per heavy atom. The lowest BCUT2D eigenvalue weighted by atomic mass is 10.0. The molecule has 1 unspecified atom stereocenters. The molecule has 0 spiro atoms. The summed E-state index contributed by atoms with van der Waals surface area (Å²) in [5.74, 6) is -0.00612. The number of thiophene rings is 1. The smallest absolute Gasteiger partial charge is 0.263 e. The fourth-order valence-electron chi connectivity index (χ4n) is 3.87. The van der Waals surface area contributed by atoms with Gasteiger partial charge in [0, 0.05) is 43.1 Å². The van der Waals surface area contributed by atoms with Gasteiger partial charge in [0.15, 0.2) is 0 Å². The predicted molar refractivity (Wildman–Crippen MR) is 111 cm³/mol. The highest BCUT2D eigenvalue weighted by atomic mass is 32.1. The Hall–Kier alpha value is -2.18.